The lowest BCUT2D eigenvalue weighted by molar-refractivity contribution is -0.308. The number of hydrogen-bond acceptors (Lipinski definition) is 11. The van der Waals surface area contributed by atoms with Crippen LogP contribution in [0.5, 0.6) is 0 Å². The van der Waals surface area contributed by atoms with E-state index in [1.54, 1.807) is 0 Å². The zero-order chi connectivity index (χ0) is 25.1. The highest BCUT2D eigenvalue weighted by atomic mass is 31.2. The molecule has 0 atom stereocenters. The topological polar surface area (TPSA) is 175 Å². The molecule has 0 aliphatic heterocycles. The van der Waals surface area contributed by atoms with E-state index in [0.717, 1.165) is 32.6 Å². The van der Waals surface area contributed by atoms with Crippen molar-refractivity contribution < 1.29 is 52.4 Å². The first kappa shape index (κ1) is 30.8. The van der Waals surface area contributed by atoms with Gasteiger partial charge in [0.25, 0.3) is 0 Å². The summed E-state index contributed by atoms with van der Waals surface area (Å²) in [5.74, 6) is -2.43. The number of hydroxylamine groups is 2. The van der Waals surface area contributed by atoms with Gasteiger partial charge in [-0.05, 0) is 12.8 Å². The Morgan fingerprint density at radius 3 is 1.73 bits per heavy atom. The van der Waals surface area contributed by atoms with E-state index < -0.39 is 45.2 Å². The number of carbonyl (C=O) groups is 3. The van der Waals surface area contributed by atoms with Gasteiger partial charge in [0.15, 0.2) is 0 Å². The van der Waals surface area contributed by atoms with E-state index in [4.69, 9.17) is 15.2 Å². The monoisotopic (exact) mass is 499 g/mol. The fourth-order valence-corrected chi connectivity index (χ4v) is 2.83. The Kier molecular flexibility index (Phi) is 17.0. The Bertz CT molecular complexity index is 641. The summed E-state index contributed by atoms with van der Waals surface area (Å²) in [6.45, 7) is 3.63. The number of guanidine groups is 1. The highest BCUT2D eigenvalue weighted by Gasteiger charge is 2.30. The number of nitrogens with two attached hydrogens (primary N) is 1. The molecule has 192 valence electrons. The minimum atomic E-state index is -4.64. The maximum Gasteiger partial charge on any atom is 0.511 e. The van der Waals surface area contributed by atoms with E-state index in [-0.39, 0.29) is 12.8 Å². The average molecular weight is 499 g/mol. The van der Waals surface area contributed by atoms with E-state index in [1.165, 1.54) is 7.05 Å². The summed E-state index contributed by atoms with van der Waals surface area (Å²) in [4.78, 5) is 47.9. The van der Waals surface area contributed by atoms with Crippen molar-refractivity contribution in [1.82, 2.24) is 5.06 Å². The van der Waals surface area contributed by atoms with Crippen molar-refractivity contribution in [3.63, 3.8) is 0 Å². The molecule has 0 aliphatic rings. The second-order valence-corrected chi connectivity index (χ2v) is 8.01. The van der Waals surface area contributed by atoms with Gasteiger partial charge < -0.3 is 20.0 Å². The highest BCUT2D eigenvalue weighted by molar-refractivity contribution is 7.52. The molecule has 0 spiro atoms. The molecule has 0 saturated heterocycles. The molecule has 0 bridgehead atoms. The predicted octanol–water partition coefficient (Wildman–Crippen LogP) is 2.88. The molecule has 0 rings (SSSR count). The van der Waals surface area contributed by atoms with Crippen LogP contribution in [0.25, 0.3) is 0 Å². The molecular formula is C18H34N3O11P. The van der Waals surface area contributed by atoms with E-state index in [9.17, 15) is 18.9 Å². The number of carbonyl (C=O) groups excluding carboxylic acids is 3. The van der Waals surface area contributed by atoms with Crippen LogP contribution in [-0.4, -0.2) is 49.6 Å². The van der Waals surface area contributed by atoms with Gasteiger partial charge in [-0.3, -0.25) is 14.4 Å². The Balaban J connectivity index is 4.78. The summed E-state index contributed by atoms with van der Waals surface area (Å²) in [5.41, 5.74) is 5.58. The molecular weight excluding hydrogens is 465 g/mol. The van der Waals surface area contributed by atoms with Crippen molar-refractivity contribution in [2.45, 2.75) is 72.1 Å². The largest absolute Gasteiger partial charge is 0.511 e. The first-order valence-electron chi connectivity index (χ1n) is 10.4. The molecule has 14 nitrogen and oxygen atoms in total. The molecule has 2 N–H and O–H groups in total. The van der Waals surface area contributed by atoms with Gasteiger partial charge in [0.05, 0.1) is 0 Å². The van der Waals surface area contributed by atoms with Crippen molar-refractivity contribution in [1.29, 1.82) is 0 Å². The number of rotatable bonds is 17. The van der Waals surface area contributed by atoms with Crippen molar-refractivity contribution in [3.05, 3.63) is 0 Å². The SMILES string of the molecule is CCCCCC(=O)OCOOP(=O)(/N=C(/N)N(C)OC(C)=O)OOCOC(=O)CCCCC. The molecule has 0 heterocycles. The van der Waals surface area contributed by atoms with Crippen LogP contribution >= 0.6 is 7.75 Å². The number of esters is 2. The standard InChI is InChI=1S/C18H34N3O11P/c1-5-7-9-11-16(23)26-13-28-31-33(25,20-18(19)21(4)30-15(3)22)32-29-14-27-17(24)12-10-8-6-2/h5-14H2,1-4H3,(H2,19,20,25). The van der Waals surface area contributed by atoms with E-state index in [0.29, 0.717) is 17.9 Å². The second kappa shape index (κ2) is 18.2. The molecule has 0 unspecified atom stereocenters. The average Bonchev–Trinajstić information content (AvgIpc) is 2.74. The minimum absolute atomic E-state index is 0.177. The van der Waals surface area contributed by atoms with Gasteiger partial charge in [-0.1, -0.05) is 39.5 Å². The zero-order valence-electron chi connectivity index (χ0n) is 19.5. The van der Waals surface area contributed by atoms with Crippen molar-refractivity contribution in [3.8, 4) is 0 Å². The van der Waals surface area contributed by atoms with Crippen LogP contribution in [0.15, 0.2) is 4.76 Å². The Morgan fingerprint density at radius 2 is 1.33 bits per heavy atom. The Morgan fingerprint density at radius 1 is 0.879 bits per heavy atom. The van der Waals surface area contributed by atoms with Gasteiger partial charge >= 0.3 is 25.7 Å². The van der Waals surface area contributed by atoms with Crippen LogP contribution in [-0.2, 0) is 52.4 Å². The molecule has 0 aromatic carbocycles. The third-order valence-corrected chi connectivity index (χ3v) is 4.65. The van der Waals surface area contributed by atoms with Gasteiger partial charge in [0.2, 0.25) is 19.5 Å². The smallest absolute Gasteiger partial charge is 0.435 e. The quantitative estimate of drug-likeness (QED) is 0.0452. The van der Waals surface area contributed by atoms with E-state index in [1.807, 2.05) is 13.8 Å². The van der Waals surface area contributed by atoms with Crippen molar-refractivity contribution in [2.24, 2.45) is 10.5 Å². The van der Waals surface area contributed by atoms with Gasteiger partial charge in [-0.2, -0.15) is 14.8 Å². The van der Waals surface area contributed by atoms with E-state index in [2.05, 4.69) is 28.7 Å². The lowest BCUT2D eigenvalue weighted by atomic mass is 10.2. The van der Waals surface area contributed by atoms with Crippen LogP contribution in [0.2, 0.25) is 0 Å². The second-order valence-electron chi connectivity index (χ2n) is 6.57. The highest BCUT2D eigenvalue weighted by Crippen LogP contribution is 2.50. The Hall–Kier alpha value is -2.25. The van der Waals surface area contributed by atoms with Crippen LogP contribution < -0.4 is 5.73 Å². The van der Waals surface area contributed by atoms with Crippen LogP contribution in [0, 0.1) is 0 Å². The third kappa shape index (κ3) is 17.0. The van der Waals surface area contributed by atoms with Gasteiger partial charge in [0.1, 0.15) is 0 Å². The molecule has 0 aliphatic carbocycles. The molecule has 15 heteroatoms. The number of ether oxygens (including phenoxy) is 2. The summed E-state index contributed by atoms with van der Waals surface area (Å²) in [5, 5.41) is 0.684. The predicted molar refractivity (Wildman–Crippen MR) is 113 cm³/mol. The summed E-state index contributed by atoms with van der Waals surface area (Å²) < 4.78 is 34.8. The third-order valence-electron chi connectivity index (χ3n) is 3.61. The first-order chi connectivity index (χ1) is 15.6. The Labute approximate surface area is 193 Å². The van der Waals surface area contributed by atoms with E-state index >= 15 is 0 Å². The molecule has 0 radical (unpaired) electrons. The van der Waals surface area contributed by atoms with Crippen molar-refractivity contribution in [2.75, 3.05) is 20.6 Å². The molecule has 0 saturated carbocycles. The number of nitrogens with zero attached hydrogens (tertiary/aromatic N) is 2. The van der Waals surface area contributed by atoms with Crippen LogP contribution in [0.1, 0.15) is 72.1 Å². The minimum Gasteiger partial charge on any atom is -0.435 e. The first-order valence-corrected chi connectivity index (χ1v) is 11.9. The maximum absolute atomic E-state index is 12.7. The molecule has 0 fully saturated rings. The molecule has 33 heavy (non-hydrogen) atoms. The fraction of sp³-hybridized carbons (Fsp3) is 0.778. The summed E-state index contributed by atoms with van der Waals surface area (Å²) in [6.07, 6.45) is 5.23. The zero-order valence-corrected chi connectivity index (χ0v) is 20.4. The molecule has 0 amide bonds. The van der Waals surface area contributed by atoms with Gasteiger partial charge in [0, 0.05) is 26.8 Å². The fourth-order valence-electron chi connectivity index (χ4n) is 2.01. The number of hydrogen-bond donors (Lipinski definition) is 1. The summed E-state index contributed by atoms with van der Waals surface area (Å²) in [7, 11) is -3.44. The summed E-state index contributed by atoms with van der Waals surface area (Å²) >= 11 is 0. The normalized spacial score (nSPS) is 11.7. The lowest BCUT2D eigenvalue weighted by Gasteiger charge is -2.17. The van der Waals surface area contributed by atoms with Crippen LogP contribution in [0.4, 0.5) is 0 Å². The van der Waals surface area contributed by atoms with Gasteiger partial charge in [-0.15, -0.1) is 14.1 Å². The number of unbranched alkanes of at least 4 members (excludes halogenated alkanes) is 4. The maximum atomic E-state index is 12.7. The summed E-state index contributed by atoms with van der Waals surface area (Å²) in [6, 6.07) is 0. The molecule has 0 aromatic rings. The van der Waals surface area contributed by atoms with Crippen LogP contribution in [0.3, 0.4) is 0 Å². The molecule has 0 aromatic heterocycles. The lowest BCUT2D eigenvalue weighted by Crippen LogP contribution is -2.35. The van der Waals surface area contributed by atoms with Crippen molar-refractivity contribution >= 4 is 31.6 Å². The van der Waals surface area contributed by atoms with Gasteiger partial charge in [-0.25, -0.2) is 4.57 Å².